The highest BCUT2D eigenvalue weighted by Gasteiger charge is 2.22. The zero-order valence-electron chi connectivity index (χ0n) is 13.4. The highest BCUT2D eigenvalue weighted by Crippen LogP contribution is 2.25. The van der Waals surface area contributed by atoms with Crippen LogP contribution in [0.25, 0.3) is 0 Å². The molecule has 0 aromatic carbocycles. The molecule has 1 N–H and O–H groups in total. The summed E-state index contributed by atoms with van der Waals surface area (Å²) in [5, 5.41) is 3.59. The maximum atomic E-state index is 4.46. The van der Waals surface area contributed by atoms with E-state index in [9.17, 15) is 0 Å². The molecule has 1 aliphatic carbocycles. The third-order valence-electron chi connectivity index (χ3n) is 5.09. The monoisotopic (exact) mass is 287 g/mol. The van der Waals surface area contributed by atoms with E-state index in [1.807, 2.05) is 6.20 Å². The molecule has 1 aromatic rings. The van der Waals surface area contributed by atoms with Crippen LogP contribution in [0.15, 0.2) is 18.3 Å². The topological polar surface area (TPSA) is 28.2 Å². The average Bonchev–Trinajstić information content (AvgIpc) is 2.53. The summed E-state index contributed by atoms with van der Waals surface area (Å²) in [5.74, 6) is 2.01. The lowest BCUT2D eigenvalue weighted by molar-refractivity contribution is 0.168. The van der Waals surface area contributed by atoms with Crippen molar-refractivity contribution in [1.29, 1.82) is 0 Å². The van der Waals surface area contributed by atoms with E-state index >= 15 is 0 Å². The third kappa shape index (κ3) is 4.44. The molecule has 116 valence electrons. The Labute approximate surface area is 129 Å². The first-order chi connectivity index (χ1) is 10.3. The Balaban J connectivity index is 1.41. The minimum absolute atomic E-state index is 0.600. The van der Waals surface area contributed by atoms with Crippen LogP contribution in [0.5, 0.6) is 0 Å². The van der Waals surface area contributed by atoms with Gasteiger partial charge in [0.05, 0.1) is 0 Å². The van der Waals surface area contributed by atoms with E-state index in [4.69, 9.17) is 0 Å². The van der Waals surface area contributed by atoms with E-state index in [2.05, 4.69) is 34.3 Å². The minimum Gasteiger partial charge on any atom is -0.367 e. The Morgan fingerprint density at radius 3 is 2.52 bits per heavy atom. The number of rotatable bonds is 4. The first-order valence-electron chi connectivity index (χ1n) is 8.71. The predicted octanol–water partition coefficient (Wildman–Crippen LogP) is 3.85. The predicted molar refractivity (Wildman–Crippen MR) is 88.6 cm³/mol. The van der Waals surface area contributed by atoms with Crippen molar-refractivity contribution < 1.29 is 0 Å². The molecule has 3 heteroatoms. The third-order valence-corrected chi connectivity index (χ3v) is 5.09. The quantitative estimate of drug-likeness (QED) is 0.912. The molecular formula is C18H29N3. The Morgan fingerprint density at radius 2 is 1.86 bits per heavy atom. The molecule has 2 fully saturated rings. The lowest BCUT2D eigenvalue weighted by Gasteiger charge is -2.35. The summed E-state index contributed by atoms with van der Waals surface area (Å²) in [5.41, 5.74) is 1.22. The molecule has 1 saturated heterocycles. The Bertz CT molecular complexity index is 415. The molecule has 1 saturated carbocycles. The van der Waals surface area contributed by atoms with Crippen LogP contribution >= 0.6 is 0 Å². The summed E-state index contributed by atoms with van der Waals surface area (Å²) in [6, 6.07) is 4.83. The van der Waals surface area contributed by atoms with Crippen molar-refractivity contribution in [3.8, 4) is 0 Å². The van der Waals surface area contributed by atoms with Gasteiger partial charge in [-0.1, -0.05) is 25.3 Å². The maximum Gasteiger partial charge on any atom is 0.126 e. The lowest BCUT2D eigenvalue weighted by atomic mass is 9.88. The van der Waals surface area contributed by atoms with Gasteiger partial charge >= 0.3 is 0 Å². The zero-order chi connectivity index (χ0) is 14.5. The summed E-state index contributed by atoms with van der Waals surface area (Å²) < 4.78 is 0. The van der Waals surface area contributed by atoms with Gasteiger partial charge in [0.15, 0.2) is 0 Å². The Kier molecular flexibility index (Phi) is 5.13. The van der Waals surface area contributed by atoms with Gasteiger partial charge in [0, 0.05) is 31.9 Å². The molecule has 0 amide bonds. The van der Waals surface area contributed by atoms with Crippen LogP contribution in [-0.2, 0) is 0 Å². The van der Waals surface area contributed by atoms with Crippen LogP contribution in [0.3, 0.4) is 0 Å². The summed E-state index contributed by atoms with van der Waals surface area (Å²) in [6.07, 6.45) is 11.8. The fourth-order valence-corrected chi connectivity index (χ4v) is 3.76. The van der Waals surface area contributed by atoms with Crippen LogP contribution in [0, 0.1) is 12.8 Å². The van der Waals surface area contributed by atoms with Gasteiger partial charge in [-0.3, -0.25) is 0 Å². The first kappa shape index (κ1) is 14.8. The molecular weight excluding hydrogens is 258 g/mol. The summed E-state index contributed by atoms with van der Waals surface area (Å²) >= 11 is 0. The van der Waals surface area contributed by atoms with Crippen molar-refractivity contribution in [2.75, 3.05) is 25.0 Å². The fraction of sp³-hybridized carbons (Fsp3) is 0.722. The van der Waals surface area contributed by atoms with Crippen molar-refractivity contribution >= 4 is 5.82 Å². The van der Waals surface area contributed by atoms with E-state index in [0.29, 0.717) is 6.04 Å². The molecule has 0 unspecified atom stereocenters. The van der Waals surface area contributed by atoms with Crippen LogP contribution in [0.4, 0.5) is 5.82 Å². The van der Waals surface area contributed by atoms with E-state index in [-0.39, 0.29) is 0 Å². The first-order valence-corrected chi connectivity index (χ1v) is 8.71. The van der Waals surface area contributed by atoms with Crippen molar-refractivity contribution in [2.24, 2.45) is 5.92 Å². The molecule has 2 heterocycles. The standard InChI is InChI=1S/C18H29N3/c1-15-7-8-18(19-13-15)20-17-9-11-21(12-10-17)14-16-5-3-2-4-6-16/h7-8,13,16-17H,2-6,9-12,14H2,1H3,(H,19,20). The summed E-state index contributed by atoms with van der Waals surface area (Å²) in [6.45, 7) is 5.93. The van der Waals surface area contributed by atoms with Gasteiger partial charge < -0.3 is 10.2 Å². The van der Waals surface area contributed by atoms with Gasteiger partial charge in [0.2, 0.25) is 0 Å². The summed E-state index contributed by atoms with van der Waals surface area (Å²) in [7, 11) is 0. The van der Waals surface area contributed by atoms with Crippen molar-refractivity contribution in [3.63, 3.8) is 0 Å². The second-order valence-corrected chi connectivity index (χ2v) is 6.94. The minimum atomic E-state index is 0.600. The molecule has 0 atom stereocenters. The highest BCUT2D eigenvalue weighted by atomic mass is 15.1. The number of aryl methyl sites for hydroxylation is 1. The number of piperidine rings is 1. The van der Waals surface area contributed by atoms with Gasteiger partial charge in [-0.25, -0.2) is 4.98 Å². The number of hydrogen-bond donors (Lipinski definition) is 1. The smallest absolute Gasteiger partial charge is 0.126 e. The second-order valence-electron chi connectivity index (χ2n) is 6.94. The number of likely N-dealkylation sites (tertiary alicyclic amines) is 1. The Morgan fingerprint density at radius 1 is 1.10 bits per heavy atom. The van der Waals surface area contributed by atoms with E-state index in [1.54, 1.807) is 0 Å². The van der Waals surface area contributed by atoms with Gasteiger partial charge in [-0.05, 0) is 50.2 Å². The van der Waals surface area contributed by atoms with Crippen LogP contribution in [0.2, 0.25) is 0 Å². The maximum absolute atomic E-state index is 4.46. The number of pyridine rings is 1. The lowest BCUT2D eigenvalue weighted by Crippen LogP contribution is -2.41. The number of anilines is 1. The normalized spacial score (nSPS) is 22.3. The molecule has 3 nitrogen and oxygen atoms in total. The van der Waals surface area contributed by atoms with E-state index in [0.717, 1.165) is 11.7 Å². The molecule has 0 spiro atoms. The average molecular weight is 287 g/mol. The molecule has 21 heavy (non-hydrogen) atoms. The van der Waals surface area contributed by atoms with Crippen LogP contribution < -0.4 is 5.32 Å². The van der Waals surface area contributed by atoms with Crippen LogP contribution in [0.1, 0.15) is 50.5 Å². The number of hydrogen-bond acceptors (Lipinski definition) is 3. The van der Waals surface area contributed by atoms with E-state index < -0.39 is 0 Å². The SMILES string of the molecule is Cc1ccc(NC2CCN(CC3CCCCC3)CC2)nc1. The van der Waals surface area contributed by atoms with Gasteiger partial charge in [0.1, 0.15) is 5.82 Å². The van der Waals surface area contributed by atoms with Gasteiger partial charge in [0.25, 0.3) is 0 Å². The zero-order valence-corrected chi connectivity index (χ0v) is 13.4. The molecule has 0 bridgehead atoms. The molecule has 0 radical (unpaired) electrons. The molecule has 3 rings (SSSR count). The fourth-order valence-electron chi connectivity index (χ4n) is 3.76. The van der Waals surface area contributed by atoms with E-state index in [1.165, 1.54) is 70.1 Å². The van der Waals surface area contributed by atoms with Gasteiger partial charge in [-0.15, -0.1) is 0 Å². The number of nitrogens with zero attached hydrogens (tertiary/aromatic N) is 2. The van der Waals surface area contributed by atoms with Crippen molar-refractivity contribution in [2.45, 2.75) is 57.9 Å². The molecule has 2 aliphatic rings. The molecule has 1 aromatic heterocycles. The van der Waals surface area contributed by atoms with Crippen LogP contribution in [-0.4, -0.2) is 35.6 Å². The van der Waals surface area contributed by atoms with Crippen molar-refractivity contribution in [1.82, 2.24) is 9.88 Å². The highest BCUT2D eigenvalue weighted by molar-refractivity contribution is 5.36. The van der Waals surface area contributed by atoms with Gasteiger partial charge in [-0.2, -0.15) is 0 Å². The summed E-state index contributed by atoms with van der Waals surface area (Å²) in [4.78, 5) is 7.15. The Hall–Kier alpha value is -1.09. The number of nitrogens with one attached hydrogen (secondary N) is 1. The second kappa shape index (κ2) is 7.26. The largest absolute Gasteiger partial charge is 0.367 e. The number of aromatic nitrogens is 1. The molecule has 1 aliphatic heterocycles. The van der Waals surface area contributed by atoms with Crippen molar-refractivity contribution in [3.05, 3.63) is 23.9 Å².